The fraction of sp³-hybridized carbons (Fsp3) is 0.545. The molecule has 0 saturated heterocycles. The SMILES string of the molecule is CC1(CNC(=O)c2ccc(N)nn2)CCC1. The van der Waals surface area contributed by atoms with Crippen LogP contribution >= 0.6 is 0 Å². The molecule has 86 valence electrons. The maximum atomic E-state index is 11.7. The highest BCUT2D eigenvalue weighted by Gasteiger charge is 2.32. The molecule has 0 radical (unpaired) electrons. The molecule has 1 amide bonds. The number of anilines is 1. The summed E-state index contributed by atoms with van der Waals surface area (Å²) in [7, 11) is 0. The number of hydrogen-bond acceptors (Lipinski definition) is 4. The van der Waals surface area contributed by atoms with Crippen molar-refractivity contribution in [2.24, 2.45) is 5.41 Å². The van der Waals surface area contributed by atoms with Crippen LogP contribution in [0.5, 0.6) is 0 Å². The van der Waals surface area contributed by atoms with E-state index in [9.17, 15) is 4.79 Å². The molecule has 0 spiro atoms. The van der Waals surface area contributed by atoms with E-state index < -0.39 is 0 Å². The van der Waals surface area contributed by atoms with Crippen LogP contribution in [0.1, 0.15) is 36.7 Å². The van der Waals surface area contributed by atoms with Crippen molar-refractivity contribution in [3.05, 3.63) is 17.8 Å². The number of nitrogen functional groups attached to an aromatic ring is 1. The van der Waals surface area contributed by atoms with E-state index in [-0.39, 0.29) is 11.3 Å². The van der Waals surface area contributed by atoms with Gasteiger partial charge in [-0.3, -0.25) is 4.79 Å². The fourth-order valence-corrected chi connectivity index (χ4v) is 1.81. The molecule has 5 heteroatoms. The van der Waals surface area contributed by atoms with Crippen LogP contribution in [-0.2, 0) is 0 Å². The van der Waals surface area contributed by atoms with Crippen LogP contribution < -0.4 is 11.1 Å². The normalized spacial score (nSPS) is 17.6. The van der Waals surface area contributed by atoms with E-state index in [0.29, 0.717) is 18.1 Å². The van der Waals surface area contributed by atoms with E-state index in [0.717, 1.165) is 0 Å². The summed E-state index contributed by atoms with van der Waals surface area (Å²) in [5, 5.41) is 10.3. The minimum atomic E-state index is -0.180. The molecule has 16 heavy (non-hydrogen) atoms. The van der Waals surface area contributed by atoms with Crippen LogP contribution in [0.2, 0.25) is 0 Å². The number of aromatic nitrogens is 2. The maximum absolute atomic E-state index is 11.7. The largest absolute Gasteiger partial charge is 0.382 e. The summed E-state index contributed by atoms with van der Waals surface area (Å²) in [5.41, 5.74) is 5.99. The van der Waals surface area contributed by atoms with Crippen molar-refractivity contribution in [2.45, 2.75) is 26.2 Å². The molecule has 1 aromatic rings. The molecule has 3 N–H and O–H groups in total. The summed E-state index contributed by atoms with van der Waals surface area (Å²) in [5.74, 6) is 0.142. The third-order valence-electron chi connectivity index (χ3n) is 3.15. The first-order valence-electron chi connectivity index (χ1n) is 5.46. The van der Waals surface area contributed by atoms with Gasteiger partial charge in [-0.05, 0) is 30.4 Å². The average molecular weight is 220 g/mol. The number of hydrogen-bond donors (Lipinski definition) is 2. The second-order valence-corrected chi connectivity index (χ2v) is 4.69. The van der Waals surface area contributed by atoms with Crippen molar-refractivity contribution < 1.29 is 4.79 Å². The number of nitrogens with one attached hydrogen (secondary N) is 1. The molecule has 0 aromatic carbocycles. The molecule has 2 rings (SSSR count). The lowest BCUT2D eigenvalue weighted by atomic mass is 9.70. The van der Waals surface area contributed by atoms with Gasteiger partial charge < -0.3 is 11.1 Å². The Kier molecular flexibility index (Phi) is 2.77. The monoisotopic (exact) mass is 220 g/mol. The maximum Gasteiger partial charge on any atom is 0.271 e. The van der Waals surface area contributed by atoms with Crippen molar-refractivity contribution >= 4 is 11.7 Å². The third-order valence-corrected chi connectivity index (χ3v) is 3.15. The molecule has 1 aliphatic carbocycles. The van der Waals surface area contributed by atoms with Crippen LogP contribution in [0.4, 0.5) is 5.82 Å². The van der Waals surface area contributed by atoms with E-state index >= 15 is 0 Å². The minimum absolute atomic E-state index is 0.180. The molecule has 0 aliphatic heterocycles. The fourth-order valence-electron chi connectivity index (χ4n) is 1.81. The lowest BCUT2D eigenvalue weighted by Crippen LogP contribution is -2.40. The van der Waals surface area contributed by atoms with Crippen molar-refractivity contribution in [2.75, 3.05) is 12.3 Å². The highest BCUT2D eigenvalue weighted by atomic mass is 16.1. The summed E-state index contributed by atoms with van der Waals surface area (Å²) in [6.45, 7) is 2.89. The van der Waals surface area contributed by atoms with Gasteiger partial charge in [0, 0.05) is 6.54 Å². The quantitative estimate of drug-likeness (QED) is 0.795. The molecule has 0 bridgehead atoms. The van der Waals surface area contributed by atoms with Crippen LogP contribution in [0.3, 0.4) is 0 Å². The van der Waals surface area contributed by atoms with Gasteiger partial charge in [-0.25, -0.2) is 0 Å². The Labute approximate surface area is 94.4 Å². The molecule has 0 unspecified atom stereocenters. The molecule has 0 atom stereocenters. The van der Waals surface area contributed by atoms with Gasteiger partial charge in [0.05, 0.1) is 0 Å². The van der Waals surface area contributed by atoms with Gasteiger partial charge in [0.2, 0.25) is 0 Å². The Balaban J connectivity index is 1.90. The summed E-state index contributed by atoms with van der Waals surface area (Å²) in [4.78, 5) is 11.7. The zero-order chi connectivity index (χ0) is 11.6. The Morgan fingerprint density at radius 3 is 2.75 bits per heavy atom. The first-order chi connectivity index (χ1) is 7.59. The Bertz CT molecular complexity index is 383. The molecule has 1 aromatic heterocycles. The summed E-state index contributed by atoms with van der Waals surface area (Å²) in [6.07, 6.45) is 3.62. The zero-order valence-corrected chi connectivity index (χ0v) is 9.36. The van der Waals surface area contributed by atoms with E-state index in [4.69, 9.17) is 5.73 Å². The number of carbonyl (C=O) groups is 1. The molecule has 1 fully saturated rings. The summed E-state index contributed by atoms with van der Waals surface area (Å²) >= 11 is 0. The predicted octanol–water partition coefficient (Wildman–Crippen LogP) is 0.979. The number of carbonyl (C=O) groups excluding carboxylic acids is 1. The topological polar surface area (TPSA) is 80.9 Å². The number of rotatable bonds is 3. The lowest BCUT2D eigenvalue weighted by molar-refractivity contribution is 0.0885. The molecule has 1 heterocycles. The number of nitrogens with zero attached hydrogens (tertiary/aromatic N) is 2. The second kappa shape index (κ2) is 4.08. The van der Waals surface area contributed by atoms with E-state index in [1.165, 1.54) is 19.3 Å². The Hall–Kier alpha value is -1.65. The van der Waals surface area contributed by atoms with Gasteiger partial charge in [-0.15, -0.1) is 10.2 Å². The van der Waals surface area contributed by atoms with Crippen LogP contribution in [-0.4, -0.2) is 22.6 Å². The van der Waals surface area contributed by atoms with Crippen molar-refractivity contribution in [3.8, 4) is 0 Å². The molecular weight excluding hydrogens is 204 g/mol. The van der Waals surface area contributed by atoms with Gasteiger partial charge in [-0.1, -0.05) is 13.3 Å². The first-order valence-corrected chi connectivity index (χ1v) is 5.46. The Morgan fingerprint density at radius 2 is 2.25 bits per heavy atom. The van der Waals surface area contributed by atoms with E-state index in [1.54, 1.807) is 12.1 Å². The van der Waals surface area contributed by atoms with Gasteiger partial charge >= 0.3 is 0 Å². The van der Waals surface area contributed by atoms with Crippen LogP contribution in [0.25, 0.3) is 0 Å². The highest BCUT2D eigenvalue weighted by Crippen LogP contribution is 2.39. The van der Waals surface area contributed by atoms with Gasteiger partial charge in [-0.2, -0.15) is 0 Å². The van der Waals surface area contributed by atoms with Crippen molar-refractivity contribution in [1.29, 1.82) is 0 Å². The summed E-state index contributed by atoms with van der Waals surface area (Å²) < 4.78 is 0. The van der Waals surface area contributed by atoms with Crippen LogP contribution in [0.15, 0.2) is 12.1 Å². The standard InChI is InChI=1S/C11H16N4O/c1-11(5-2-6-11)7-13-10(16)8-3-4-9(12)15-14-8/h3-4H,2,5-7H2,1H3,(H2,12,15)(H,13,16). The van der Waals surface area contributed by atoms with E-state index in [1.807, 2.05) is 0 Å². The molecular formula is C11H16N4O. The third kappa shape index (κ3) is 2.29. The number of nitrogens with two attached hydrogens (primary N) is 1. The first kappa shape index (κ1) is 10.9. The molecule has 5 nitrogen and oxygen atoms in total. The van der Waals surface area contributed by atoms with Crippen LogP contribution in [0, 0.1) is 5.41 Å². The van der Waals surface area contributed by atoms with Crippen molar-refractivity contribution in [1.82, 2.24) is 15.5 Å². The van der Waals surface area contributed by atoms with Gasteiger partial charge in [0.25, 0.3) is 5.91 Å². The highest BCUT2D eigenvalue weighted by molar-refractivity contribution is 5.92. The zero-order valence-electron chi connectivity index (χ0n) is 9.36. The summed E-state index contributed by atoms with van der Waals surface area (Å²) in [6, 6.07) is 3.16. The van der Waals surface area contributed by atoms with E-state index in [2.05, 4.69) is 22.4 Å². The molecule has 1 aliphatic rings. The smallest absolute Gasteiger partial charge is 0.271 e. The number of amides is 1. The lowest BCUT2D eigenvalue weighted by Gasteiger charge is -2.38. The minimum Gasteiger partial charge on any atom is -0.382 e. The predicted molar refractivity (Wildman–Crippen MR) is 60.7 cm³/mol. The average Bonchev–Trinajstić information content (AvgIpc) is 2.24. The second-order valence-electron chi connectivity index (χ2n) is 4.69. The Morgan fingerprint density at radius 1 is 1.50 bits per heavy atom. The van der Waals surface area contributed by atoms with Gasteiger partial charge in [0.1, 0.15) is 5.82 Å². The molecule has 1 saturated carbocycles. The van der Waals surface area contributed by atoms with Crippen molar-refractivity contribution in [3.63, 3.8) is 0 Å². The van der Waals surface area contributed by atoms with Gasteiger partial charge in [0.15, 0.2) is 5.69 Å².